The van der Waals surface area contributed by atoms with E-state index in [0.717, 1.165) is 22.6 Å². The Kier molecular flexibility index (Phi) is 5.99. The number of rotatable bonds is 6. The third-order valence-corrected chi connectivity index (χ3v) is 5.27. The van der Waals surface area contributed by atoms with Crippen LogP contribution in [0.4, 0.5) is 0 Å². The maximum Gasteiger partial charge on any atom is 0.201 e. The average Bonchev–Trinajstić information content (AvgIpc) is 2.62. The molecule has 0 fully saturated rings. The Morgan fingerprint density at radius 2 is 1.33 bits per heavy atom. The van der Waals surface area contributed by atoms with Crippen molar-refractivity contribution in [3.05, 3.63) is 59.7 Å². The highest BCUT2D eigenvalue weighted by Crippen LogP contribution is 2.33. The molecule has 0 radical (unpaired) electrons. The number of hydrogen-bond acceptors (Lipinski definition) is 3. The van der Waals surface area contributed by atoms with Crippen molar-refractivity contribution in [1.82, 2.24) is 4.67 Å². The summed E-state index contributed by atoms with van der Waals surface area (Å²) in [5.41, 5.74) is 2.10. The van der Waals surface area contributed by atoms with Crippen molar-refractivity contribution < 1.29 is 9.47 Å². The van der Waals surface area contributed by atoms with Crippen LogP contribution in [0.2, 0.25) is 0 Å². The van der Waals surface area contributed by atoms with E-state index in [0.29, 0.717) is 5.84 Å². The second kappa shape index (κ2) is 7.98. The molecule has 0 bridgehead atoms. The molecule has 4 nitrogen and oxygen atoms in total. The monoisotopic (exact) mass is 343 g/mol. The van der Waals surface area contributed by atoms with Gasteiger partial charge in [0.1, 0.15) is 24.0 Å². The van der Waals surface area contributed by atoms with Crippen LogP contribution in [0.1, 0.15) is 17.0 Å². The van der Waals surface area contributed by atoms with Gasteiger partial charge in [0.05, 0.1) is 33.5 Å². The summed E-state index contributed by atoms with van der Waals surface area (Å²) in [5.74, 6) is 2.00. The van der Waals surface area contributed by atoms with Gasteiger partial charge >= 0.3 is 0 Å². The maximum atomic E-state index is 8.69. The fourth-order valence-electron chi connectivity index (χ4n) is 2.47. The van der Waals surface area contributed by atoms with Gasteiger partial charge in [-0.3, -0.25) is 5.41 Å². The van der Waals surface area contributed by atoms with Gasteiger partial charge in [0, 0.05) is 0 Å². The zero-order valence-corrected chi connectivity index (χ0v) is 15.5. The van der Waals surface area contributed by atoms with E-state index >= 15 is 0 Å². The van der Waals surface area contributed by atoms with Crippen molar-refractivity contribution in [1.29, 1.82) is 5.41 Å². The lowest BCUT2D eigenvalue weighted by Gasteiger charge is -2.22. The molecule has 1 unspecified atom stereocenters. The van der Waals surface area contributed by atoms with Crippen LogP contribution in [-0.4, -0.2) is 44.7 Å². The predicted octanol–water partition coefficient (Wildman–Crippen LogP) is 4.20. The Balaban J connectivity index is 2.46. The number of likely N-dealkylation sites (N-methyl/N-ethyl adjacent to an activating group) is 1. The first-order valence-corrected chi connectivity index (χ1v) is 9.54. The molecule has 0 aliphatic carbocycles. The fourth-order valence-corrected chi connectivity index (χ4v) is 2.95. The summed E-state index contributed by atoms with van der Waals surface area (Å²) in [4.78, 5) is 0. The van der Waals surface area contributed by atoms with E-state index < -0.39 is 7.70 Å². The Morgan fingerprint density at radius 3 is 1.62 bits per heavy atom. The van der Waals surface area contributed by atoms with Gasteiger partial charge in [-0.25, -0.2) is 0 Å². The summed E-state index contributed by atoms with van der Waals surface area (Å²) in [6, 6.07) is 15.8. The van der Waals surface area contributed by atoms with Crippen LogP contribution in [-0.2, 0) is 0 Å². The van der Waals surface area contributed by atoms with E-state index in [-0.39, 0.29) is 5.92 Å². The first-order chi connectivity index (χ1) is 11.5. The van der Waals surface area contributed by atoms with Crippen molar-refractivity contribution in [3.63, 3.8) is 0 Å². The molecule has 0 aliphatic rings. The number of methoxy groups -OCH3 is 2. The SMILES string of the molecule is C=[P+](C)N(C)C(=N)C(c1ccc(OC)cc1)c1ccc(OC)cc1. The number of amidine groups is 1. The highest BCUT2D eigenvalue weighted by Gasteiger charge is 2.26. The van der Waals surface area contributed by atoms with Crippen molar-refractivity contribution in [2.24, 2.45) is 0 Å². The van der Waals surface area contributed by atoms with Crippen molar-refractivity contribution in [2.75, 3.05) is 27.9 Å². The number of nitrogens with zero attached hydrogens (tertiary/aromatic N) is 1. The summed E-state index contributed by atoms with van der Waals surface area (Å²) in [7, 11) is 4.61. The first kappa shape index (κ1) is 18.0. The standard InChI is InChI=1S/C19H24N2O2P/c1-21(24(4)5)19(20)18(14-6-10-16(22-2)11-7-14)15-8-12-17(23-3)13-9-15/h6-13,18,20H,4H2,1-3,5H3/q+1. The Hall–Kier alpha value is -2.32. The van der Waals surface area contributed by atoms with Gasteiger partial charge in [0.2, 0.25) is 7.70 Å². The predicted molar refractivity (Wildman–Crippen MR) is 103 cm³/mol. The topological polar surface area (TPSA) is 45.6 Å². The van der Waals surface area contributed by atoms with E-state index in [9.17, 15) is 0 Å². The minimum atomic E-state index is -0.623. The molecular weight excluding hydrogens is 319 g/mol. The molecule has 2 aromatic rings. The molecule has 2 aromatic carbocycles. The van der Waals surface area contributed by atoms with Crippen LogP contribution < -0.4 is 9.47 Å². The van der Waals surface area contributed by atoms with Crippen molar-refractivity contribution >= 4 is 19.8 Å². The fraction of sp³-hybridized carbons (Fsp3) is 0.263. The Morgan fingerprint density at radius 1 is 0.958 bits per heavy atom. The van der Waals surface area contributed by atoms with Crippen LogP contribution in [0.15, 0.2) is 48.5 Å². The summed E-state index contributed by atoms with van der Waals surface area (Å²) < 4.78 is 12.4. The smallest absolute Gasteiger partial charge is 0.201 e. The zero-order valence-electron chi connectivity index (χ0n) is 14.6. The van der Waals surface area contributed by atoms with Gasteiger partial charge in [-0.15, -0.1) is 0 Å². The lowest BCUT2D eigenvalue weighted by atomic mass is 9.90. The van der Waals surface area contributed by atoms with Crippen LogP contribution in [0.5, 0.6) is 11.5 Å². The molecule has 5 heteroatoms. The van der Waals surface area contributed by atoms with Gasteiger partial charge in [0.15, 0.2) is 0 Å². The molecule has 0 saturated heterocycles. The van der Waals surface area contributed by atoms with E-state index in [1.165, 1.54) is 0 Å². The highest BCUT2D eigenvalue weighted by atomic mass is 31.1. The molecule has 0 aliphatic heterocycles. The van der Waals surface area contributed by atoms with Crippen molar-refractivity contribution in [2.45, 2.75) is 5.92 Å². The van der Waals surface area contributed by atoms with E-state index in [2.05, 4.69) is 6.30 Å². The lowest BCUT2D eigenvalue weighted by molar-refractivity contribution is 0.414. The first-order valence-electron chi connectivity index (χ1n) is 7.62. The molecule has 1 N–H and O–H groups in total. The van der Waals surface area contributed by atoms with Gasteiger partial charge in [-0.2, -0.15) is 4.67 Å². The molecular formula is C19H24N2O2P+. The maximum absolute atomic E-state index is 8.69. The van der Waals surface area contributed by atoms with Crippen LogP contribution >= 0.6 is 7.70 Å². The number of nitrogens with one attached hydrogen (secondary N) is 1. The highest BCUT2D eigenvalue weighted by molar-refractivity contribution is 7.53. The molecule has 1 atom stereocenters. The van der Waals surface area contributed by atoms with Crippen LogP contribution in [0.3, 0.4) is 0 Å². The van der Waals surface area contributed by atoms with E-state index in [1.54, 1.807) is 14.2 Å². The minimum Gasteiger partial charge on any atom is -0.497 e. The van der Waals surface area contributed by atoms with Gasteiger partial charge in [-0.1, -0.05) is 24.3 Å². The van der Waals surface area contributed by atoms with Gasteiger partial charge < -0.3 is 9.47 Å². The quantitative estimate of drug-likeness (QED) is 0.486. The van der Waals surface area contributed by atoms with Crippen molar-refractivity contribution in [3.8, 4) is 11.5 Å². The normalized spacial score (nSPS) is 11.1. The minimum absolute atomic E-state index is 0.154. The van der Waals surface area contributed by atoms with E-state index in [4.69, 9.17) is 14.9 Å². The number of benzene rings is 2. The summed E-state index contributed by atoms with van der Waals surface area (Å²) in [6.07, 6.45) is 4.09. The molecule has 0 spiro atoms. The molecule has 0 heterocycles. The molecule has 0 amide bonds. The lowest BCUT2D eigenvalue weighted by Crippen LogP contribution is -2.26. The molecule has 0 aromatic heterocycles. The molecule has 126 valence electrons. The Bertz CT molecular complexity index is 664. The van der Waals surface area contributed by atoms with Gasteiger partial charge in [0.25, 0.3) is 0 Å². The molecule has 2 rings (SSSR count). The number of hydrogen-bond donors (Lipinski definition) is 1. The van der Waals surface area contributed by atoms with Crippen LogP contribution in [0, 0.1) is 5.41 Å². The van der Waals surface area contributed by atoms with Crippen LogP contribution in [0.25, 0.3) is 0 Å². The molecule has 0 saturated carbocycles. The summed E-state index contributed by atoms with van der Waals surface area (Å²) in [5, 5.41) is 8.69. The van der Waals surface area contributed by atoms with Gasteiger partial charge in [-0.05, 0) is 35.4 Å². The average molecular weight is 343 g/mol. The molecule has 24 heavy (non-hydrogen) atoms. The third kappa shape index (κ3) is 3.95. The summed E-state index contributed by atoms with van der Waals surface area (Å²) in [6.45, 7) is 2.04. The van der Waals surface area contributed by atoms with E-state index in [1.807, 2.05) is 66.9 Å². The second-order valence-electron chi connectivity index (χ2n) is 5.55. The summed E-state index contributed by atoms with van der Waals surface area (Å²) >= 11 is 0. The Labute approximate surface area is 145 Å². The zero-order chi connectivity index (χ0) is 17.7. The second-order valence-corrected chi connectivity index (χ2v) is 7.46. The number of ether oxygens (including phenoxy) is 2. The largest absolute Gasteiger partial charge is 0.497 e. The third-order valence-electron chi connectivity index (χ3n) is 4.03.